The molecule has 0 aliphatic heterocycles. The second-order valence-corrected chi connectivity index (χ2v) is 6.02. The van der Waals surface area contributed by atoms with E-state index in [1.54, 1.807) is 0 Å². The van der Waals surface area contributed by atoms with Gasteiger partial charge in [0, 0.05) is 6.20 Å². The van der Waals surface area contributed by atoms with Crippen LogP contribution in [0.5, 0.6) is 5.75 Å². The van der Waals surface area contributed by atoms with Gasteiger partial charge in [-0.3, -0.25) is 9.20 Å². The molecule has 2 aromatic heterocycles. The largest absolute Gasteiger partial charge is 0.483 e. The van der Waals surface area contributed by atoms with Gasteiger partial charge in [-0.05, 0) is 29.8 Å². The van der Waals surface area contributed by atoms with E-state index < -0.39 is 35.8 Å². The molecule has 0 saturated heterocycles. The van der Waals surface area contributed by atoms with Crippen LogP contribution in [0.4, 0.5) is 26.3 Å². The SMILES string of the molecule is O=c1c(-c2ccc(OCC(F)(F)F)c(Cl)c2)c(C(F)(F)F)nc2ccccn12. The first kappa shape index (κ1) is 20.0. The van der Waals surface area contributed by atoms with Gasteiger partial charge in [-0.2, -0.15) is 26.3 Å². The van der Waals surface area contributed by atoms with Crippen molar-refractivity contribution in [1.82, 2.24) is 9.38 Å². The Morgan fingerprint density at radius 1 is 1.07 bits per heavy atom. The van der Waals surface area contributed by atoms with Crippen molar-refractivity contribution in [2.24, 2.45) is 0 Å². The van der Waals surface area contributed by atoms with Crippen molar-refractivity contribution in [2.75, 3.05) is 6.61 Å². The van der Waals surface area contributed by atoms with Crippen molar-refractivity contribution in [3.63, 3.8) is 0 Å². The topological polar surface area (TPSA) is 43.6 Å². The molecule has 0 unspecified atom stereocenters. The predicted octanol–water partition coefficient (Wildman–Crippen LogP) is 4.97. The standard InChI is InChI=1S/C17H9ClF6N2O2/c18-10-7-9(4-5-11(10)28-8-16(19,20)21)13-14(17(22,23)24)25-12-3-1-2-6-26(12)15(13)27/h1-7H,8H2. The van der Waals surface area contributed by atoms with Gasteiger partial charge in [0.25, 0.3) is 5.56 Å². The molecule has 0 aliphatic carbocycles. The van der Waals surface area contributed by atoms with Gasteiger partial charge >= 0.3 is 12.4 Å². The van der Waals surface area contributed by atoms with Gasteiger partial charge in [-0.25, -0.2) is 4.98 Å². The first-order chi connectivity index (χ1) is 13.0. The Hall–Kier alpha value is -2.75. The van der Waals surface area contributed by atoms with Gasteiger partial charge in [0.2, 0.25) is 0 Å². The molecule has 3 rings (SSSR count). The molecule has 4 nitrogen and oxygen atoms in total. The number of halogens is 7. The zero-order valence-electron chi connectivity index (χ0n) is 13.6. The number of hydrogen-bond donors (Lipinski definition) is 0. The van der Waals surface area contributed by atoms with Crippen LogP contribution in [0.15, 0.2) is 47.4 Å². The van der Waals surface area contributed by atoms with Crippen molar-refractivity contribution in [2.45, 2.75) is 12.4 Å². The molecule has 11 heteroatoms. The Morgan fingerprint density at radius 2 is 1.79 bits per heavy atom. The van der Waals surface area contributed by atoms with Crippen LogP contribution in [-0.4, -0.2) is 22.2 Å². The Bertz CT molecular complexity index is 1090. The maximum atomic E-state index is 13.5. The van der Waals surface area contributed by atoms with Crippen LogP contribution >= 0.6 is 11.6 Å². The summed E-state index contributed by atoms with van der Waals surface area (Å²) in [5.41, 5.74) is -3.67. The van der Waals surface area contributed by atoms with E-state index >= 15 is 0 Å². The summed E-state index contributed by atoms with van der Waals surface area (Å²) in [6.07, 6.45) is -8.32. The lowest BCUT2D eigenvalue weighted by Gasteiger charge is -2.15. The molecule has 1 aromatic carbocycles. The van der Waals surface area contributed by atoms with Gasteiger partial charge in [0.05, 0.1) is 10.6 Å². The molecule has 0 amide bonds. The minimum atomic E-state index is -4.95. The number of benzene rings is 1. The third-order valence-electron chi connectivity index (χ3n) is 3.61. The average molecular weight is 423 g/mol. The molecule has 0 fully saturated rings. The summed E-state index contributed by atoms with van der Waals surface area (Å²) >= 11 is 5.84. The molecule has 0 atom stereocenters. The number of alkyl halides is 6. The molecular formula is C17H9ClF6N2O2. The molecule has 0 N–H and O–H groups in total. The first-order valence-electron chi connectivity index (χ1n) is 7.55. The zero-order valence-corrected chi connectivity index (χ0v) is 14.4. The molecule has 0 spiro atoms. The quantitative estimate of drug-likeness (QED) is 0.559. The van der Waals surface area contributed by atoms with E-state index in [0.29, 0.717) is 0 Å². The molecule has 0 radical (unpaired) electrons. The number of aromatic nitrogens is 2. The van der Waals surface area contributed by atoms with E-state index in [4.69, 9.17) is 11.6 Å². The third kappa shape index (κ3) is 4.06. The number of fused-ring (bicyclic) bond motifs is 1. The molecule has 0 saturated carbocycles. The van der Waals surface area contributed by atoms with Gasteiger partial charge in [-0.1, -0.05) is 23.7 Å². The van der Waals surface area contributed by atoms with Crippen LogP contribution in [0, 0.1) is 0 Å². The molecule has 0 aliphatic rings. The fraction of sp³-hybridized carbons (Fsp3) is 0.176. The minimum absolute atomic E-state index is 0.209. The Kier molecular flexibility index (Phi) is 5.00. The normalized spacial score (nSPS) is 12.4. The van der Waals surface area contributed by atoms with Gasteiger partial charge in [0.15, 0.2) is 12.3 Å². The van der Waals surface area contributed by atoms with Gasteiger partial charge in [-0.15, -0.1) is 0 Å². The van der Waals surface area contributed by atoms with E-state index in [1.807, 2.05) is 0 Å². The maximum absolute atomic E-state index is 13.5. The number of nitrogens with zero attached hydrogens (tertiary/aromatic N) is 2. The highest BCUT2D eigenvalue weighted by molar-refractivity contribution is 6.32. The van der Waals surface area contributed by atoms with Gasteiger partial charge in [0.1, 0.15) is 11.4 Å². The van der Waals surface area contributed by atoms with Crippen molar-refractivity contribution in [3.8, 4) is 16.9 Å². The van der Waals surface area contributed by atoms with Crippen LogP contribution in [-0.2, 0) is 6.18 Å². The molecule has 0 bridgehead atoms. The highest BCUT2D eigenvalue weighted by atomic mass is 35.5. The van der Waals surface area contributed by atoms with E-state index in [9.17, 15) is 31.1 Å². The molecule has 3 aromatic rings. The number of ether oxygens (including phenoxy) is 1. The fourth-order valence-corrected chi connectivity index (χ4v) is 2.72. The Morgan fingerprint density at radius 3 is 2.39 bits per heavy atom. The lowest BCUT2D eigenvalue weighted by molar-refractivity contribution is -0.153. The minimum Gasteiger partial charge on any atom is -0.483 e. The lowest BCUT2D eigenvalue weighted by atomic mass is 10.0. The van der Waals surface area contributed by atoms with E-state index in [0.717, 1.165) is 22.6 Å². The summed E-state index contributed by atoms with van der Waals surface area (Å²) in [5, 5.41) is -0.382. The van der Waals surface area contributed by atoms with Crippen LogP contribution in [0.1, 0.15) is 5.69 Å². The number of rotatable bonds is 3. The van der Waals surface area contributed by atoms with Crippen molar-refractivity contribution >= 4 is 17.2 Å². The summed E-state index contributed by atoms with van der Waals surface area (Å²) in [6.45, 7) is -1.62. The monoisotopic (exact) mass is 422 g/mol. The molecular weight excluding hydrogens is 414 g/mol. The van der Waals surface area contributed by atoms with E-state index in [1.165, 1.54) is 24.4 Å². The predicted molar refractivity (Wildman–Crippen MR) is 88.5 cm³/mol. The van der Waals surface area contributed by atoms with E-state index in [2.05, 4.69) is 9.72 Å². The van der Waals surface area contributed by atoms with Crippen LogP contribution in [0.25, 0.3) is 16.8 Å². The maximum Gasteiger partial charge on any atom is 0.434 e. The van der Waals surface area contributed by atoms with Crippen molar-refractivity contribution in [1.29, 1.82) is 0 Å². The first-order valence-corrected chi connectivity index (χ1v) is 7.93. The van der Waals surface area contributed by atoms with Crippen molar-refractivity contribution in [3.05, 3.63) is 63.7 Å². The summed E-state index contributed by atoms with van der Waals surface area (Å²) in [7, 11) is 0. The smallest absolute Gasteiger partial charge is 0.434 e. The number of pyridine rings is 1. The Balaban J connectivity index is 2.16. The Labute approximate surface area is 158 Å². The summed E-state index contributed by atoms with van der Waals surface area (Å²) < 4.78 is 82.6. The summed E-state index contributed by atoms with van der Waals surface area (Å²) in [6, 6.07) is 7.00. The second kappa shape index (κ2) is 7.01. The third-order valence-corrected chi connectivity index (χ3v) is 3.91. The molecule has 28 heavy (non-hydrogen) atoms. The highest BCUT2D eigenvalue weighted by Gasteiger charge is 2.38. The fourth-order valence-electron chi connectivity index (χ4n) is 2.49. The molecule has 2 heterocycles. The number of hydrogen-bond acceptors (Lipinski definition) is 3. The second-order valence-electron chi connectivity index (χ2n) is 5.62. The average Bonchev–Trinajstić information content (AvgIpc) is 2.59. The van der Waals surface area contributed by atoms with Crippen LogP contribution in [0.2, 0.25) is 5.02 Å². The highest BCUT2D eigenvalue weighted by Crippen LogP contribution is 2.37. The lowest BCUT2D eigenvalue weighted by Crippen LogP contribution is -2.24. The van der Waals surface area contributed by atoms with Crippen LogP contribution in [0.3, 0.4) is 0 Å². The molecule has 148 valence electrons. The van der Waals surface area contributed by atoms with Gasteiger partial charge < -0.3 is 4.74 Å². The van der Waals surface area contributed by atoms with E-state index in [-0.39, 0.29) is 22.0 Å². The zero-order chi connectivity index (χ0) is 20.7. The summed E-state index contributed by atoms with van der Waals surface area (Å²) in [4.78, 5) is 16.2. The van der Waals surface area contributed by atoms with Crippen molar-refractivity contribution < 1.29 is 31.1 Å². The summed E-state index contributed by atoms with van der Waals surface area (Å²) in [5.74, 6) is -0.384. The van der Waals surface area contributed by atoms with Crippen LogP contribution < -0.4 is 10.3 Å².